The predicted molar refractivity (Wildman–Crippen MR) is 181 cm³/mol. The molecule has 0 bridgehead atoms. The van der Waals surface area contributed by atoms with Gasteiger partial charge in [-0.15, -0.1) is 0 Å². The molecule has 6 rings (SSSR count). The molecule has 0 radical (unpaired) electrons. The number of fused-ring (bicyclic) bond motifs is 2. The predicted octanol–water partition coefficient (Wildman–Crippen LogP) is 7.88. The number of benzene rings is 4. The highest BCUT2D eigenvalue weighted by Gasteiger charge is 2.11. The van der Waals surface area contributed by atoms with Gasteiger partial charge in [0, 0.05) is 58.1 Å². The molecule has 0 atom stereocenters. The third kappa shape index (κ3) is 6.61. The summed E-state index contributed by atoms with van der Waals surface area (Å²) in [5.41, 5.74) is 5.81. The first-order valence-corrected chi connectivity index (χ1v) is 15.2. The van der Waals surface area contributed by atoms with Crippen LogP contribution in [0.4, 0.5) is 0 Å². The molecule has 0 saturated carbocycles. The summed E-state index contributed by atoms with van der Waals surface area (Å²) in [7, 11) is 10.4. The molecular weight excluding hydrogens is 596 g/mol. The van der Waals surface area contributed by atoms with Crippen molar-refractivity contribution >= 4 is 33.6 Å². The van der Waals surface area contributed by atoms with Crippen LogP contribution < -0.4 is 18.9 Å². The zero-order chi connectivity index (χ0) is 32.8. The van der Waals surface area contributed by atoms with Crippen LogP contribution in [0, 0.1) is 22.7 Å². The second-order valence-electron chi connectivity index (χ2n) is 10.5. The molecule has 0 N–H and O–H groups in total. The fourth-order valence-corrected chi connectivity index (χ4v) is 6.29. The quantitative estimate of drug-likeness (QED) is 0.169. The second-order valence-corrected chi connectivity index (χ2v) is 11.7. The van der Waals surface area contributed by atoms with E-state index in [2.05, 4.69) is 42.5 Å². The molecule has 6 aromatic rings. The summed E-state index contributed by atoms with van der Waals surface area (Å²) in [5, 5.41) is 20.5. The Morgan fingerprint density at radius 2 is 1.02 bits per heavy atom. The van der Waals surface area contributed by atoms with E-state index in [4.69, 9.17) is 18.9 Å². The minimum atomic E-state index is 0.692. The van der Waals surface area contributed by atoms with Gasteiger partial charge in [-0.3, -0.25) is 0 Å². The summed E-state index contributed by atoms with van der Waals surface area (Å²) in [5.74, 6) is 2.86. The Labute approximate surface area is 272 Å². The molecule has 0 saturated heterocycles. The van der Waals surface area contributed by atoms with Crippen LogP contribution in [0.15, 0.2) is 95.0 Å². The first-order chi connectivity index (χ1) is 22.3. The zero-order valence-corrected chi connectivity index (χ0v) is 27.4. The van der Waals surface area contributed by atoms with Gasteiger partial charge in [0.05, 0.1) is 39.6 Å². The third-order valence-electron chi connectivity index (χ3n) is 7.70. The number of nitriles is 2. The largest absolute Gasteiger partial charge is 0.493 e. The van der Waals surface area contributed by atoms with Gasteiger partial charge in [0.2, 0.25) is 0 Å². The molecule has 2 aromatic heterocycles. The molecule has 232 valence electrons. The van der Waals surface area contributed by atoms with E-state index in [-0.39, 0.29) is 0 Å². The van der Waals surface area contributed by atoms with Crippen LogP contribution >= 0.6 is 11.8 Å². The van der Waals surface area contributed by atoms with E-state index < -0.39 is 0 Å². The normalized spacial score (nSPS) is 10.5. The summed E-state index contributed by atoms with van der Waals surface area (Å²) < 4.78 is 25.2. The van der Waals surface area contributed by atoms with Crippen LogP contribution in [0.5, 0.6) is 23.0 Å². The highest BCUT2D eigenvalue weighted by Crippen LogP contribution is 2.37. The third-order valence-corrected chi connectivity index (χ3v) is 8.68. The average Bonchev–Trinajstić information content (AvgIpc) is 3.59. The Morgan fingerprint density at radius 1 is 0.565 bits per heavy atom. The maximum atomic E-state index is 9.26. The van der Waals surface area contributed by atoms with Crippen LogP contribution in [0.1, 0.15) is 22.3 Å². The number of hydrogen-bond acceptors (Lipinski definition) is 7. The fraction of sp³-hybridized carbons (Fsp3) is 0.189. The van der Waals surface area contributed by atoms with Crippen molar-refractivity contribution in [2.45, 2.75) is 16.2 Å². The van der Waals surface area contributed by atoms with Crippen LogP contribution in [-0.4, -0.2) is 37.6 Å². The summed E-state index contributed by atoms with van der Waals surface area (Å²) in [6.07, 6.45) is 4.50. The molecule has 0 unspecified atom stereocenters. The fourth-order valence-electron chi connectivity index (χ4n) is 5.40. The molecule has 0 aliphatic carbocycles. The van der Waals surface area contributed by atoms with Gasteiger partial charge in [0.15, 0.2) is 23.0 Å². The van der Waals surface area contributed by atoms with Gasteiger partial charge in [-0.2, -0.15) is 10.5 Å². The van der Waals surface area contributed by atoms with Crippen molar-refractivity contribution in [3.8, 4) is 35.1 Å². The van der Waals surface area contributed by atoms with E-state index in [0.717, 1.165) is 60.6 Å². The Bertz CT molecular complexity index is 1970. The number of aromatic nitrogens is 2. The molecular formula is C37H34N4O4S. The number of aryl methyl sites for hydroxylation is 2. The topological polar surface area (TPSA) is 94.4 Å². The summed E-state index contributed by atoms with van der Waals surface area (Å²) >= 11 is 1.63. The molecule has 0 aliphatic rings. The van der Waals surface area contributed by atoms with Crippen molar-refractivity contribution < 1.29 is 18.9 Å². The van der Waals surface area contributed by atoms with Gasteiger partial charge < -0.3 is 28.1 Å². The Morgan fingerprint density at radius 3 is 1.61 bits per heavy atom. The monoisotopic (exact) mass is 630 g/mol. The summed E-state index contributed by atoms with van der Waals surface area (Å²) in [4.78, 5) is 2.13. The highest BCUT2D eigenvalue weighted by molar-refractivity contribution is 7.99. The highest BCUT2D eigenvalue weighted by atomic mass is 32.2. The molecule has 8 nitrogen and oxygen atoms in total. The van der Waals surface area contributed by atoms with Crippen LogP contribution in [0.3, 0.4) is 0 Å². The first-order valence-electron chi connectivity index (χ1n) is 14.4. The number of rotatable bonds is 8. The Hall–Kier alpha value is -5.51. The summed E-state index contributed by atoms with van der Waals surface area (Å²) in [6.45, 7) is 0. The molecule has 0 spiro atoms. The molecule has 9 heteroatoms. The number of ether oxygens (including phenoxy) is 4. The first kappa shape index (κ1) is 31.9. The van der Waals surface area contributed by atoms with E-state index in [1.54, 1.807) is 40.2 Å². The number of nitrogens with zero attached hydrogens (tertiary/aromatic N) is 4. The van der Waals surface area contributed by atoms with Gasteiger partial charge in [-0.25, -0.2) is 0 Å². The van der Waals surface area contributed by atoms with E-state index in [1.165, 1.54) is 0 Å². The van der Waals surface area contributed by atoms with Gasteiger partial charge in [0.1, 0.15) is 12.1 Å². The van der Waals surface area contributed by atoms with Gasteiger partial charge in [-0.05, 0) is 78.2 Å². The van der Waals surface area contributed by atoms with Gasteiger partial charge in [-0.1, -0.05) is 23.9 Å². The molecule has 0 aliphatic heterocycles. The zero-order valence-electron chi connectivity index (χ0n) is 26.6. The Kier molecular flexibility index (Phi) is 9.76. The van der Waals surface area contributed by atoms with Crippen LogP contribution in [0.25, 0.3) is 21.8 Å². The minimum Gasteiger partial charge on any atom is -0.493 e. The van der Waals surface area contributed by atoms with E-state index in [0.29, 0.717) is 22.6 Å². The smallest absolute Gasteiger partial charge is 0.161 e. The van der Waals surface area contributed by atoms with Crippen LogP contribution in [0.2, 0.25) is 0 Å². The lowest BCUT2D eigenvalue weighted by Gasteiger charge is -2.10. The molecule has 2 heterocycles. The SMILES string of the molecule is COc1ccc(Cc2ccc3c(c2)c(C#N)cn3C)cc1OC.COc1ccc(Sc2ccc3c(c2)c(C#N)cn3C)cc1OC. The lowest BCUT2D eigenvalue weighted by atomic mass is 10.0. The lowest BCUT2D eigenvalue weighted by molar-refractivity contribution is 0.354. The average molecular weight is 631 g/mol. The number of methoxy groups -OCH3 is 4. The van der Waals surface area contributed by atoms with Crippen LogP contribution in [-0.2, 0) is 20.5 Å². The van der Waals surface area contributed by atoms with Crippen molar-refractivity contribution in [3.63, 3.8) is 0 Å². The molecule has 0 fully saturated rings. The second kappa shape index (κ2) is 14.1. The Balaban J connectivity index is 0.000000181. The van der Waals surface area contributed by atoms with Crippen molar-refractivity contribution in [1.82, 2.24) is 9.13 Å². The van der Waals surface area contributed by atoms with E-state index in [1.807, 2.05) is 78.1 Å². The van der Waals surface area contributed by atoms with Crippen molar-refractivity contribution in [2.75, 3.05) is 28.4 Å². The van der Waals surface area contributed by atoms with Crippen molar-refractivity contribution in [1.29, 1.82) is 10.5 Å². The maximum absolute atomic E-state index is 9.26. The molecule has 4 aromatic carbocycles. The standard InChI is InChI=1S/C19H18N2O2.C18H16N2O2S/c1-21-12-15(11-20)16-9-13(4-6-17(16)21)8-14-5-7-18(22-2)19(10-14)23-3;1-20-11-12(10-19)15-8-13(4-6-16(15)20)23-14-5-7-17(21-2)18(9-14)22-3/h4-7,9-10,12H,8H2,1-3H3;4-9,11H,1-3H3. The van der Waals surface area contributed by atoms with Gasteiger partial charge in [0.25, 0.3) is 0 Å². The molecule has 46 heavy (non-hydrogen) atoms. The lowest BCUT2D eigenvalue weighted by Crippen LogP contribution is -1.94. The van der Waals surface area contributed by atoms with Crippen molar-refractivity contribution in [2.24, 2.45) is 14.1 Å². The summed E-state index contributed by atoms with van der Waals surface area (Å²) in [6, 6.07) is 28.7. The number of hydrogen-bond donors (Lipinski definition) is 0. The van der Waals surface area contributed by atoms with E-state index in [9.17, 15) is 10.5 Å². The van der Waals surface area contributed by atoms with E-state index >= 15 is 0 Å². The maximum Gasteiger partial charge on any atom is 0.161 e. The molecule has 0 amide bonds. The van der Waals surface area contributed by atoms with Gasteiger partial charge >= 0.3 is 0 Å². The van der Waals surface area contributed by atoms with Crippen molar-refractivity contribution in [3.05, 3.63) is 107 Å². The minimum absolute atomic E-state index is 0.692.